The number of H-pyrrole nitrogens is 1. The van der Waals surface area contributed by atoms with E-state index >= 15 is 0 Å². The molecular weight excluding hydrogens is 377 g/mol. The molecule has 1 amide bonds. The molecule has 4 rings (SSSR count). The van der Waals surface area contributed by atoms with Gasteiger partial charge in [0.15, 0.2) is 0 Å². The highest BCUT2D eigenvalue weighted by Gasteiger charge is 2.15. The molecule has 3 heterocycles. The molecule has 0 aliphatic rings. The third-order valence-electron chi connectivity index (χ3n) is 4.14. The van der Waals surface area contributed by atoms with Crippen molar-refractivity contribution in [3.05, 3.63) is 77.4 Å². The van der Waals surface area contributed by atoms with Gasteiger partial charge in [-0.15, -0.1) is 11.3 Å². The van der Waals surface area contributed by atoms with Gasteiger partial charge in [0.2, 0.25) is 0 Å². The minimum Gasteiger partial charge on any atom is -0.352 e. The summed E-state index contributed by atoms with van der Waals surface area (Å²) in [6.07, 6.45) is 5.52. The second kappa shape index (κ2) is 8.10. The van der Waals surface area contributed by atoms with E-state index in [0.717, 1.165) is 16.3 Å². The average Bonchev–Trinajstić information content (AvgIpc) is 3.38. The number of nitrogens with zero attached hydrogens (tertiary/aromatic N) is 3. The fraction of sp³-hybridized carbons (Fsp3) is 0.100. The lowest BCUT2D eigenvalue weighted by Gasteiger charge is -2.05. The van der Waals surface area contributed by atoms with Crippen molar-refractivity contribution < 1.29 is 9.18 Å². The summed E-state index contributed by atoms with van der Waals surface area (Å²) >= 11 is 1.56. The first-order valence-electron chi connectivity index (χ1n) is 8.63. The zero-order chi connectivity index (χ0) is 19.3. The standard InChI is InChI=1S/C20H16FN5OS/c21-15-3-1-2-14(10-15)18-17(11-24-26-18)19(27)23-9-6-16-12-28-20(25-16)13-4-7-22-8-5-13/h1-5,7-8,10-12H,6,9H2,(H,23,27)(H,24,26). The van der Waals surface area contributed by atoms with Gasteiger partial charge in [0.05, 0.1) is 23.1 Å². The topological polar surface area (TPSA) is 83.6 Å². The predicted octanol–water partition coefficient (Wildman–Crippen LogP) is 3.71. The van der Waals surface area contributed by atoms with Gasteiger partial charge < -0.3 is 5.32 Å². The van der Waals surface area contributed by atoms with Crippen molar-refractivity contribution in [2.75, 3.05) is 6.54 Å². The summed E-state index contributed by atoms with van der Waals surface area (Å²) in [6, 6.07) is 9.86. The molecule has 0 aliphatic heterocycles. The Morgan fingerprint density at radius 3 is 2.86 bits per heavy atom. The van der Waals surface area contributed by atoms with Gasteiger partial charge in [-0.25, -0.2) is 9.37 Å². The molecule has 3 aromatic heterocycles. The maximum atomic E-state index is 13.5. The van der Waals surface area contributed by atoms with Crippen molar-refractivity contribution in [3.63, 3.8) is 0 Å². The van der Waals surface area contributed by atoms with Gasteiger partial charge in [-0.2, -0.15) is 5.10 Å². The lowest BCUT2D eigenvalue weighted by atomic mass is 10.1. The van der Waals surface area contributed by atoms with Gasteiger partial charge in [-0.3, -0.25) is 14.9 Å². The van der Waals surface area contributed by atoms with Crippen LogP contribution in [0.25, 0.3) is 21.8 Å². The van der Waals surface area contributed by atoms with E-state index in [4.69, 9.17) is 0 Å². The monoisotopic (exact) mass is 393 g/mol. The van der Waals surface area contributed by atoms with Gasteiger partial charge in [-0.1, -0.05) is 12.1 Å². The Labute approximate surface area is 164 Å². The zero-order valence-corrected chi connectivity index (χ0v) is 15.5. The van der Waals surface area contributed by atoms with Gasteiger partial charge in [-0.05, 0) is 24.3 Å². The highest BCUT2D eigenvalue weighted by atomic mass is 32.1. The first-order chi connectivity index (χ1) is 13.7. The van der Waals surface area contributed by atoms with E-state index in [1.54, 1.807) is 35.9 Å². The average molecular weight is 393 g/mol. The number of pyridine rings is 1. The summed E-state index contributed by atoms with van der Waals surface area (Å²) in [6.45, 7) is 0.437. The van der Waals surface area contributed by atoms with E-state index in [1.165, 1.54) is 18.3 Å². The molecule has 0 radical (unpaired) electrons. The van der Waals surface area contributed by atoms with Crippen LogP contribution >= 0.6 is 11.3 Å². The smallest absolute Gasteiger partial charge is 0.255 e. The Balaban J connectivity index is 1.38. The van der Waals surface area contributed by atoms with Crippen molar-refractivity contribution in [2.24, 2.45) is 0 Å². The number of halogens is 1. The Bertz CT molecular complexity index is 1090. The molecule has 140 valence electrons. The van der Waals surface area contributed by atoms with E-state index in [0.29, 0.717) is 29.8 Å². The molecule has 0 saturated heterocycles. The number of carbonyl (C=O) groups excluding carboxylic acids is 1. The molecular formula is C20H16FN5OS. The van der Waals surface area contributed by atoms with Crippen LogP contribution in [0.4, 0.5) is 4.39 Å². The van der Waals surface area contributed by atoms with Crippen LogP contribution in [-0.2, 0) is 6.42 Å². The minimum atomic E-state index is -0.369. The Hall–Kier alpha value is -3.39. The fourth-order valence-corrected chi connectivity index (χ4v) is 3.63. The van der Waals surface area contributed by atoms with E-state index in [9.17, 15) is 9.18 Å². The molecule has 8 heteroatoms. The third-order valence-corrected chi connectivity index (χ3v) is 5.08. The van der Waals surface area contributed by atoms with Crippen LogP contribution in [0.5, 0.6) is 0 Å². The number of aromatic amines is 1. The molecule has 28 heavy (non-hydrogen) atoms. The van der Waals surface area contributed by atoms with Crippen molar-refractivity contribution in [1.29, 1.82) is 0 Å². The van der Waals surface area contributed by atoms with Crippen LogP contribution in [0.3, 0.4) is 0 Å². The minimum absolute atomic E-state index is 0.266. The summed E-state index contributed by atoms with van der Waals surface area (Å²) in [5, 5.41) is 12.5. The Morgan fingerprint density at radius 1 is 1.18 bits per heavy atom. The summed E-state index contributed by atoms with van der Waals surface area (Å²) < 4.78 is 13.5. The SMILES string of the molecule is O=C(NCCc1csc(-c2ccncc2)n1)c1cn[nH]c1-c1cccc(F)c1. The summed E-state index contributed by atoms with van der Waals surface area (Å²) in [4.78, 5) is 21.1. The molecule has 6 nitrogen and oxygen atoms in total. The normalized spacial score (nSPS) is 10.8. The summed E-state index contributed by atoms with van der Waals surface area (Å²) in [5.74, 6) is -0.635. The largest absolute Gasteiger partial charge is 0.352 e. The van der Waals surface area contributed by atoms with Gasteiger partial charge in [0.1, 0.15) is 10.8 Å². The van der Waals surface area contributed by atoms with Crippen molar-refractivity contribution in [3.8, 4) is 21.8 Å². The second-order valence-electron chi connectivity index (χ2n) is 6.05. The van der Waals surface area contributed by atoms with E-state index in [1.807, 2.05) is 17.5 Å². The summed E-state index contributed by atoms with van der Waals surface area (Å²) in [5.41, 5.74) is 3.37. The van der Waals surface area contributed by atoms with Crippen LogP contribution in [0, 0.1) is 5.82 Å². The Morgan fingerprint density at radius 2 is 2.04 bits per heavy atom. The number of rotatable bonds is 6. The summed E-state index contributed by atoms with van der Waals surface area (Å²) in [7, 11) is 0. The highest BCUT2D eigenvalue weighted by Crippen LogP contribution is 2.23. The second-order valence-corrected chi connectivity index (χ2v) is 6.91. The number of amides is 1. The quantitative estimate of drug-likeness (QED) is 0.523. The van der Waals surface area contributed by atoms with Crippen LogP contribution in [0.1, 0.15) is 16.1 Å². The first kappa shape index (κ1) is 18.0. The van der Waals surface area contributed by atoms with E-state index in [-0.39, 0.29) is 11.7 Å². The van der Waals surface area contributed by atoms with Crippen LogP contribution in [-0.4, -0.2) is 32.6 Å². The molecule has 0 saturated carbocycles. The molecule has 0 unspecified atom stereocenters. The van der Waals surface area contributed by atoms with Crippen LogP contribution in [0.2, 0.25) is 0 Å². The lowest BCUT2D eigenvalue weighted by molar-refractivity contribution is 0.0955. The maximum Gasteiger partial charge on any atom is 0.255 e. The first-order valence-corrected chi connectivity index (χ1v) is 9.51. The van der Waals surface area contributed by atoms with Crippen molar-refractivity contribution in [1.82, 2.24) is 25.5 Å². The zero-order valence-electron chi connectivity index (χ0n) is 14.7. The molecule has 0 atom stereocenters. The number of thiazole rings is 1. The van der Waals surface area contributed by atoms with Gasteiger partial charge >= 0.3 is 0 Å². The number of carbonyl (C=O) groups is 1. The van der Waals surface area contributed by atoms with Crippen LogP contribution in [0.15, 0.2) is 60.4 Å². The molecule has 0 bridgehead atoms. The molecule has 0 spiro atoms. The van der Waals surface area contributed by atoms with E-state index in [2.05, 4.69) is 25.5 Å². The van der Waals surface area contributed by atoms with Crippen LogP contribution < -0.4 is 5.32 Å². The molecule has 1 aromatic carbocycles. The highest BCUT2D eigenvalue weighted by molar-refractivity contribution is 7.13. The maximum absolute atomic E-state index is 13.5. The van der Waals surface area contributed by atoms with Crippen molar-refractivity contribution in [2.45, 2.75) is 6.42 Å². The van der Waals surface area contributed by atoms with Crippen molar-refractivity contribution >= 4 is 17.2 Å². The Kier molecular flexibility index (Phi) is 5.20. The number of benzene rings is 1. The number of hydrogen-bond donors (Lipinski definition) is 2. The predicted molar refractivity (Wildman–Crippen MR) is 105 cm³/mol. The van der Waals surface area contributed by atoms with Gasteiger partial charge in [0.25, 0.3) is 5.91 Å². The molecule has 2 N–H and O–H groups in total. The lowest BCUT2D eigenvalue weighted by Crippen LogP contribution is -2.25. The number of nitrogens with one attached hydrogen (secondary N) is 2. The third kappa shape index (κ3) is 3.96. The molecule has 4 aromatic rings. The van der Waals surface area contributed by atoms with Gasteiger partial charge in [0, 0.05) is 41.9 Å². The number of hydrogen-bond acceptors (Lipinski definition) is 5. The fourth-order valence-electron chi connectivity index (χ4n) is 2.77. The molecule has 0 fully saturated rings. The number of aromatic nitrogens is 4. The van der Waals surface area contributed by atoms with E-state index < -0.39 is 0 Å². The molecule has 0 aliphatic carbocycles.